The summed E-state index contributed by atoms with van der Waals surface area (Å²) in [5.41, 5.74) is 2.62. The van der Waals surface area contributed by atoms with Crippen LogP contribution in [0.4, 0.5) is 10.5 Å². The average Bonchev–Trinajstić information content (AvgIpc) is 3.03. The molecule has 0 bridgehead atoms. The summed E-state index contributed by atoms with van der Waals surface area (Å²) in [7, 11) is 0. The molecule has 2 aromatic heterocycles. The Bertz CT molecular complexity index is 962. The van der Waals surface area contributed by atoms with E-state index in [1.165, 1.54) is 0 Å². The van der Waals surface area contributed by atoms with E-state index in [0.717, 1.165) is 48.9 Å². The molecule has 0 saturated carbocycles. The van der Waals surface area contributed by atoms with E-state index >= 15 is 0 Å². The van der Waals surface area contributed by atoms with E-state index in [0.29, 0.717) is 18.1 Å². The lowest BCUT2D eigenvalue weighted by atomic mass is 10.3. The van der Waals surface area contributed by atoms with Gasteiger partial charge in [0.2, 0.25) is 0 Å². The maximum atomic E-state index is 12.4. The quantitative estimate of drug-likeness (QED) is 0.732. The van der Waals surface area contributed by atoms with Crippen molar-refractivity contribution in [2.24, 2.45) is 0 Å². The Morgan fingerprint density at radius 2 is 1.86 bits per heavy atom. The van der Waals surface area contributed by atoms with E-state index < -0.39 is 0 Å². The van der Waals surface area contributed by atoms with Crippen molar-refractivity contribution in [1.29, 1.82) is 0 Å². The minimum atomic E-state index is -0.0670. The van der Waals surface area contributed by atoms with Gasteiger partial charge in [0.25, 0.3) is 0 Å². The number of nitrogens with zero attached hydrogens (tertiary/aromatic N) is 5. The summed E-state index contributed by atoms with van der Waals surface area (Å²) in [4.78, 5) is 25.7. The molecule has 0 aliphatic carbocycles. The molecule has 1 fully saturated rings. The molecule has 0 spiro atoms. The third-order valence-electron chi connectivity index (χ3n) is 5.09. The maximum Gasteiger partial charge on any atom is 0.321 e. The molecule has 0 radical (unpaired) electrons. The van der Waals surface area contributed by atoms with E-state index in [1.807, 2.05) is 36.1 Å². The number of imidazole rings is 1. The summed E-state index contributed by atoms with van der Waals surface area (Å²) in [6.07, 6.45) is 1.80. The van der Waals surface area contributed by atoms with Crippen molar-refractivity contribution in [3.8, 4) is 0 Å². The summed E-state index contributed by atoms with van der Waals surface area (Å²) >= 11 is 5.88. The second kappa shape index (κ2) is 8.16. The molecule has 0 unspecified atom stereocenters. The highest BCUT2D eigenvalue weighted by Crippen LogP contribution is 2.15. The number of carbonyl (C=O) groups excluding carboxylic acids is 1. The Kier molecular flexibility index (Phi) is 5.45. The monoisotopic (exact) mass is 398 g/mol. The molecule has 1 aromatic carbocycles. The summed E-state index contributed by atoms with van der Waals surface area (Å²) in [5, 5.41) is 3.58. The molecule has 1 N–H and O–H groups in total. The minimum absolute atomic E-state index is 0.0670. The zero-order valence-corrected chi connectivity index (χ0v) is 16.6. The minimum Gasteiger partial charge on any atom is -0.322 e. The number of nitrogens with one attached hydrogen (secondary N) is 1. The van der Waals surface area contributed by atoms with Gasteiger partial charge < -0.3 is 14.8 Å². The summed E-state index contributed by atoms with van der Waals surface area (Å²) in [5.74, 6) is 0.981. The zero-order chi connectivity index (χ0) is 19.5. The lowest BCUT2D eigenvalue weighted by molar-refractivity contribution is 0.144. The van der Waals surface area contributed by atoms with Crippen LogP contribution in [0.1, 0.15) is 5.82 Å². The van der Waals surface area contributed by atoms with Crippen LogP contribution in [0.5, 0.6) is 0 Å². The molecule has 1 saturated heterocycles. The number of hydrogen-bond donors (Lipinski definition) is 1. The number of rotatable bonds is 4. The molecule has 0 atom stereocenters. The first kappa shape index (κ1) is 18.7. The highest BCUT2D eigenvalue weighted by molar-refractivity contribution is 6.30. The van der Waals surface area contributed by atoms with Gasteiger partial charge in [-0.2, -0.15) is 0 Å². The van der Waals surface area contributed by atoms with Crippen LogP contribution in [0, 0.1) is 6.92 Å². The van der Waals surface area contributed by atoms with Gasteiger partial charge in [-0.3, -0.25) is 4.90 Å². The molecule has 28 heavy (non-hydrogen) atoms. The fourth-order valence-electron chi connectivity index (χ4n) is 3.49. The Labute approximate surface area is 168 Å². The second-order valence-electron chi connectivity index (χ2n) is 6.92. The number of urea groups is 1. The Hall–Kier alpha value is -2.64. The van der Waals surface area contributed by atoms with Crippen molar-refractivity contribution >= 4 is 34.5 Å². The SMILES string of the molecule is Cc1nc2cccnc2n1CCN1CCN(C(=O)Nc2ccc(Cl)cc2)CC1. The predicted octanol–water partition coefficient (Wildman–Crippen LogP) is 3.24. The number of benzene rings is 1. The molecule has 1 aliphatic rings. The van der Waals surface area contributed by atoms with Crippen LogP contribution in [-0.4, -0.2) is 63.1 Å². The van der Waals surface area contributed by atoms with Crippen molar-refractivity contribution in [1.82, 2.24) is 24.3 Å². The van der Waals surface area contributed by atoms with Gasteiger partial charge in [0.05, 0.1) is 0 Å². The Balaban J connectivity index is 1.28. The van der Waals surface area contributed by atoms with Crippen molar-refractivity contribution in [3.63, 3.8) is 0 Å². The third-order valence-corrected chi connectivity index (χ3v) is 5.34. The first-order valence-corrected chi connectivity index (χ1v) is 9.79. The standard InChI is InChI=1S/C20H23ClN6O/c1-15-23-18-3-2-8-22-19(18)27(15)14-11-25-9-12-26(13-10-25)20(28)24-17-6-4-16(21)5-7-17/h2-8H,9-14H2,1H3,(H,24,28). The first-order chi connectivity index (χ1) is 13.6. The van der Waals surface area contributed by atoms with Crippen molar-refractivity contribution in [2.45, 2.75) is 13.5 Å². The number of anilines is 1. The Morgan fingerprint density at radius 3 is 2.61 bits per heavy atom. The first-order valence-electron chi connectivity index (χ1n) is 9.42. The van der Waals surface area contributed by atoms with E-state index in [4.69, 9.17) is 11.6 Å². The van der Waals surface area contributed by atoms with Crippen LogP contribution in [0.3, 0.4) is 0 Å². The molecule has 8 heteroatoms. The number of piperazine rings is 1. The smallest absolute Gasteiger partial charge is 0.321 e. The van der Waals surface area contributed by atoms with Crippen LogP contribution >= 0.6 is 11.6 Å². The molecular formula is C20H23ClN6O. The number of aryl methyl sites for hydroxylation is 1. The van der Waals surface area contributed by atoms with Crippen LogP contribution in [0.15, 0.2) is 42.6 Å². The van der Waals surface area contributed by atoms with Gasteiger partial charge in [-0.1, -0.05) is 11.6 Å². The van der Waals surface area contributed by atoms with E-state index in [2.05, 4.69) is 24.8 Å². The van der Waals surface area contributed by atoms with Crippen molar-refractivity contribution in [2.75, 3.05) is 38.0 Å². The van der Waals surface area contributed by atoms with Crippen molar-refractivity contribution in [3.05, 3.63) is 53.4 Å². The highest BCUT2D eigenvalue weighted by Gasteiger charge is 2.21. The summed E-state index contributed by atoms with van der Waals surface area (Å²) in [6.45, 7) is 6.90. The van der Waals surface area contributed by atoms with Gasteiger partial charge in [0, 0.05) is 56.2 Å². The van der Waals surface area contributed by atoms with Gasteiger partial charge in [-0.25, -0.2) is 14.8 Å². The number of carbonyl (C=O) groups is 1. The number of halogens is 1. The highest BCUT2D eigenvalue weighted by atomic mass is 35.5. The maximum absolute atomic E-state index is 12.4. The van der Waals surface area contributed by atoms with Crippen LogP contribution in [0.25, 0.3) is 11.2 Å². The Morgan fingerprint density at radius 1 is 1.11 bits per heavy atom. The third kappa shape index (κ3) is 4.10. The predicted molar refractivity (Wildman–Crippen MR) is 111 cm³/mol. The molecule has 146 valence electrons. The lowest BCUT2D eigenvalue weighted by Crippen LogP contribution is -2.50. The number of fused-ring (bicyclic) bond motifs is 1. The van der Waals surface area contributed by atoms with Gasteiger partial charge in [0.1, 0.15) is 11.3 Å². The lowest BCUT2D eigenvalue weighted by Gasteiger charge is -2.34. The molecule has 3 aromatic rings. The molecule has 3 heterocycles. The number of hydrogen-bond acceptors (Lipinski definition) is 4. The topological polar surface area (TPSA) is 66.3 Å². The average molecular weight is 399 g/mol. The van der Waals surface area contributed by atoms with E-state index in [-0.39, 0.29) is 6.03 Å². The molecule has 1 aliphatic heterocycles. The van der Waals surface area contributed by atoms with Crippen LogP contribution < -0.4 is 5.32 Å². The van der Waals surface area contributed by atoms with Gasteiger partial charge in [-0.05, 0) is 43.3 Å². The fraction of sp³-hybridized carbons (Fsp3) is 0.350. The van der Waals surface area contributed by atoms with E-state index in [9.17, 15) is 4.79 Å². The number of amides is 2. The largest absolute Gasteiger partial charge is 0.322 e. The van der Waals surface area contributed by atoms with Crippen molar-refractivity contribution < 1.29 is 4.79 Å². The molecule has 2 amide bonds. The second-order valence-corrected chi connectivity index (χ2v) is 7.36. The number of pyridine rings is 1. The number of aromatic nitrogens is 3. The fourth-order valence-corrected chi connectivity index (χ4v) is 3.62. The zero-order valence-electron chi connectivity index (χ0n) is 15.8. The van der Waals surface area contributed by atoms with E-state index in [1.54, 1.807) is 18.3 Å². The summed E-state index contributed by atoms with van der Waals surface area (Å²) in [6, 6.07) is 11.0. The molecule has 4 rings (SSSR count). The van der Waals surface area contributed by atoms with Gasteiger partial charge in [0.15, 0.2) is 5.65 Å². The van der Waals surface area contributed by atoms with Gasteiger partial charge >= 0.3 is 6.03 Å². The van der Waals surface area contributed by atoms with Crippen LogP contribution in [0.2, 0.25) is 5.02 Å². The molecular weight excluding hydrogens is 376 g/mol. The van der Waals surface area contributed by atoms with Gasteiger partial charge in [-0.15, -0.1) is 0 Å². The normalized spacial score (nSPS) is 15.1. The summed E-state index contributed by atoms with van der Waals surface area (Å²) < 4.78 is 2.16. The molecule has 7 nitrogen and oxygen atoms in total. The van der Waals surface area contributed by atoms with Crippen LogP contribution in [-0.2, 0) is 6.54 Å².